The highest BCUT2D eigenvalue weighted by Crippen LogP contribution is 2.30. The summed E-state index contributed by atoms with van der Waals surface area (Å²) in [6, 6.07) is 22.6. The number of nitrogens with one attached hydrogen (secondary N) is 2. The molecular weight excluding hydrogens is 598 g/mol. The summed E-state index contributed by atoms with van der Waals surface area (Å²) in [6.45, 7) is 10.8. The molecule has 0 bridgehead atoms. The average molecular weight is 648 g/mol. The number of fused-ring (bicyclic) bond motifs is 1. The highest BCUT2D eigenvalue weighted by Gasteiger charge is 2.21. The molecule has 3 heterocycles. The van der Waals surface area contributed by atoms with Crippen LogP contribution < -0.4 is 20.4 Å². The Balaban J connectivity index is 1.05. The van der Waals surface area contributed by atoms with Gasteiger partial charge in [-0.05, 0) is 94.8 Å². The van der Waals surface area contributed by atoms with Crippen LogP contribution in [-0.2, 0) is 19.5 Å². The van der Waals surface area contributed by atoms with Crippen LogP contribution in [-0.4, -0.2) is 105 Å². The Morgan fingerprint density at radius 1 is 0.854 bits per heavy atom. The zero-order valence-electron chi connectivity index (χ0n) is 29.0. The van der Waals surface area contributed by atoms with Crippen LogP contribution in [0.3, 0.4) is 0 Å². The number of hydrogen-bond donors (Lipinski definition) is 2. The minimum atomic E-state index is -0.108. The maximum atomic E-state index is 13.2. The van der Waals surface area contributed by atoms with Crippen LogP contribution >= 0.6 is 0 Å². The molecule has 0 saturated carbocycles. The standard InChI is InChI=1S/C38H49N9O/c1-28-6-11-33(40-37(48)30-9-7-29(8-10-30)26-45(5)19-18-43(2)3)24-36(28)47-17-16-35-31(27-47)25-39-38(42-35)41-32-12-14-34(15-13-32)46-22-20-44(4)21-23-46/h6-15,24-25H,16-23,26-27H2,1-5H3,(H,40,48)(H,39,41,42). The number of carbonyl (C=O) groups excluding carboxylic acids is 1. The SMILES string of the molecule is Cc1ccc(NC(=O)c2ccc(CN(C)CCN(C)C)cc2)cc1N1CCc2nc(Nc3ccc(N4CCN(C)CC4)cc3)ncc2C1. The van der Waals surface area contributed by atoms with Crippen molar-refractivity contribution in [3.05, 3.63) is 101 Å². The molecule has 2 N–H and O–H groups in total. The Hall–Kier alpha value is -4.51. The molecule has 48 heavy (non-hydrogen) atoms. The van der Waals surface area contributed by atoms with Crippen molar-refractivity contribution in [2.45, 2.75) is 26.4 Å². The first-order valence-corrected chi connectivity index (χ1v) is 16.9. The lowest BCUT2D eigenvalue weighted by molar-refractivity contribution is 0.102. The molecule has 0 aliphatic carbocycles. The number of nitrogens with zero attached hydrogens (tertiary/aromatic N) is 7. The topological polar surface area (TPSA) is 83.1 Å². The molecule has 0 radical (unpaired) electrons. The van der Waals surface area contributed by atoms with E-state index in [1.165, 1.54) is 16.8 Å². The Morgan fingerprint density at radius 2 is 1.58 bits per heavy atom. The van der Waals surface area contributed by atoms with E-state index in [0.29, 0.717) is 11.5 Å². The van der Waals surface area contributed by atoms with Crippen molar-refractivity contribution < 1.29 is 4.79 Å². The molecule has 3 aromatic carbocycles. The maximum Gasteiger partial charge on any atom is 0.255 e. The van der Waals surface area contributed by atoms with Crippen LogP contribution in [0.15, 0.2) is 72.9 Å². The van der Waals surface area contributed by atoms with Gasteiger partial charge in [-0.3, -0.25) is 4.79 Å². The van der Waals surface area contributed by atoms with Gasteiger partial charge in [0.25, 0.3) is 5.91 Å². The summed E-state index contributed by atoms with van der Waals surface area (Å²) in [6.07, 6.45) is 2.77. The molecule has 6 rings (SSSR count). The minimum absolute atomic E-state index is 0.108. The third kappa shape index (κ3) is 8.49. The number of rotatable bonds is 11. The molecule has 4 aromatic rings. The van der Waals surface area contributed by atoms with Gasteiger partial charge in [0.05, 0.1) is 5.69 Å². The van der Waals surface area contributed by atoms with E-state index >= 15 is 0 Å². The van der Waals surface area contributed by atoms with Crippen molar-refractivity contribution in [3.8, 4) is 0 Å². The van der Waals surface area contributed by atoms with Crippen LogP contribution in [0, 0.1) is 6.92 Å². The van der Waals surface area contributed by atoms with Gasteiger partial charge >= 0.3 is 0 Å². The average Bonchev–Trinajstić information content (AvgIpc) is 3.09. The number of amides is 1. The third-order valence-electron chi connectivity index (χ3n) is 9.33. The van der Waals surface area contributed by atoms with Crippen LogP contribution in [0.5, 0.6) is 0 Å². The molecular formula is C38H49N9O. The number of carbonyl (C=O) groups is 1. The fourth-order valence-corrected chi connectivity index (χ4v) is 6.29. The lowest BCUT2D eigenvalue weighted by Crippen LogP contribution is -2.44. The fourth-order valence-electron chi connectivity index (χ4n) is 6.29. The van der Waals surface area contributed by atoms with Gasteiger partial charge in [0.1, 0.15) is 0 Å². The second-order valence-corrected chi connectivity index (χ2v) is 13.5. The number of likely N-dealkylation sites (N-methyl/N-ethyl adjacent to an activating group) is 3. The summed E-state index contributed by atoms with van der Waals surface area (Å²) in [5, 5.41) is 6.51. The van der Waals surface area contributed by atoms with E-state index < -0.39 is 0 Å². The second kappa shape index (κ2) is 15.1. The molecule has 0 spiro atoms. The van der Waals surface area contributed by atoms with Crippen molar-refractivity contribution >= 4 is 34.6 Å². The van der Waals surface area contributed by atoms with E-state index in [2.05, 4.69) is 112 Å². The van der Waals surface area contributed by atoms with Gasteiger partial charge in [-0.1, -0.05) is 18.2 Å². The molecule has 1 saturated heterocycles. The first kappa shape index (κ1) is 33.4. The van der Waals surface area contributed by atoms with Gasteiger partial charge in [-0.2, -0.15) is 0 Å². The monoisotopic (exact) mass is 647 g/mol. The maximum absolute atomic E-state index is 13.2. The Labute approximate surface area is 285 Å². The van der Waals surface area contributed by atoms with Gasteiger partial charge in [-0.25, -0.2) is 9.97 Å². The lowest BCUT2D eigenvalue weighted by Gasteiger charge is -2.34. The summed E-state index contributed by atoms with van der Waals surface area (Å²) < 4.78 is 0. The number of benzene rings is 3. The zero-order chi connectivity index (χ0) is 33.6. The molecule has 10 heteroatoms. The molecule has 2 aliphatic rings. The number of anilines is 5. The predicted octanol–water partition coefficient (Wildman–Crippen LogP) is 5.09. The van der Waals surface area contributed by atoms with Crippen molar-refractivity contribution in [2.75, 3.05) is 94.4 Å². The van der Waals surface area contributed by atoms with Crippen LogP contribution in [0.1, 0.15) is 32.7 Å². The number of aromatic nitrogens is 2. The van der Waals surface area contributed by atoms with Crippen LogP contribution in [0.4, 0.5) is 28.7 Å². The van der Waals surface area contributed by atoms with Crippen LogP contribution in [0.25, 0.3) is 0 Å². The number of aryl methyl sites for hydroxylation is 1. The van der Waals surface area contributed by atoms with Crippen molar-refractivity contribution in [1.82, 2.24) is 24.7 Å². The van der Waals surface area contributed by atoms with E-state index in [-0.39, 0.29) is 5.91 Å². The molecule has 0 unspecified atom stereocenters. The normalized spacial score (nSPS) is 15.1. The smallest absolute Gasteiger partial charge is 0.255 e. The molecule has 0 atom stereocenters. The Kier molecular flexibility index (Phi) is 10.5. The molecule has 1 amide bonds. The highest BCUT2D eigenvalue weighted by atomic mass is 16.1. The summed E-state index contributed by atoms with van der Waals surface area (Å²) in [7, 11) is 8.47. The van der Waals surface area contributed by atoms with Crippen molar-refractivity contribution in [1.29, 1.82) is 0 Å². The molecule has 10 nitrogen and oxygen atoms in total. The van der Waals surface area contributed by atoms with Gasteiger partial charge in [0.2, 0.25) is 5.95 Å². The highest BCUT2D eigenvalue weighted by molar-refractivity contribution is 6.04. The first-order valence-electron chi connectivity index (χ1n) is 16.9. The predicted molar refractivity (Wildman–Crippen MR) is 197 cm³/mol. The van der Waals surface area contributed by atoms with Crippen molar-refractivity contribution in [2.24, 2.45) is 0 Å². The van der Waals surface area contributed by atoms with E-state index in [9.17, 15) is 4.79 Å². The third-order valence-corrected chi connectivity index (χ3v) is 9.33. The molecule has 1 aromatic heterocycles. The summed E-state index contributed by atoms with van der Waals surface area (Å²) in [5.41, 5.74) is 9.34. The lowest BCUT2D eigenvalue weighted by atomic mass is 10.0. The summed E-state index contributed by atoms with van der Waals surface area (Å²) in [4.78, 5) is 34.3. The summed E-state index contributed by atoms with van der Waals surface area (Å²) in [5.74, 6) is 0.517. The zero-order valence-corrected chi connectivity index (χ0v) is 29.0. The Bertz CT molecular complexity index is 1680. The van der Waals surface area contributed by atoms with Crippen LogP contribution in [0.2, 0.25) is 0 Å². The van der Waals surface area contributed by atoms with E-state index in [1.54, 1.807) is 0 Å². The first-order chi connectivity index (χ1) is 23.2. The van der Waals surface area contributed by atoms with E-state index in [4.69, 9.17) is 4.98 Å². The van der Waals surface area contributed by atoms with Crippen molar-refractivity contribution in [3.63, 3.8) is 0 Å². The fraction of sp³-hybridized carbons (Fsp3) is 0.395. The Morgan fingerprint density at radius 3 is 2.31 bits per heavy atom. The van der Waals surface area contributed by atoms with Gasteiger partial charge < -0.3 is 35.1 Å². The van der Waals surface area contributed by atoms with Gasteiger partial charge in [0, 0.05) is 105 Å². The summed E-state index contributed by atoms with van der Waals surface area (Å²) >= 11 is 0. The molecule has 1 fully saturated rings. The molecule has 252 valence electrons. The number of hydrogen-bond acceptors (Lipinski definition) is 9. The molecule has 2 aliphatic heterocycles. The quantitative estimate of drug-likeness (QED) is 0.231. The second-order valence-electron chi connectivity index (χ2n) is 13.5. The largest absolute Gasteiger partial charge is 0.369 e. The van der Waals surface area contributed by atoms with Gasteiger partial charge in [0.15, 0.2) is 0 Å². The van der Waals surface area contributed by atoms with E-state index in [1.807, 2.05) is 36.5 Å². The van der Waals surface area contributed by atoms with Gasteiger partial charge in [-0.15, -0.1) is 0 Å². The minimum Gasteiger partial charge on any atom is -0.369 e. The van der Waals surface area contributed by atoms with E-state index in [0.717, 1.165) is 93.6 Å². The number of piperazine rings is 1.